The van der Waals surface area contributed by atoms with Crippen LogP contribution in [0.25, 0.3) is 0 Å². The summed E-state index contributed by atoms with van der Waals surface area (Å²) in [6.07, 6.45) is 8.47. The Morgan fingerprint density at radius 2 is 2.31 bits per heavy atom. The summed E-state index contributed by atoms with van der Waals surface area (Å²) >= 11 is 0. The maximum absolute atomic E-state index is 5.62. The van der Waals surface area contributed by atoms with Crippen LogP contribution >= 0.6 is 0 Å². The second-order valence-electron chi connectivity index (χ2n) is 4.34. The average Bonchev–Trinajstić information content (AvgIpc) is 2.79. The monoisotopic (exact) mass is 223 g/mol. The van der Waals surface area contributed by atoms with Gasteiger partial charge in [0.05, 0.1) is 25.0 Å². The maximum Gasteiger partial charge on any atom is 0.157 e. The van der Waals surface area contributed by atoms with Gasteiger partial charge in [0.1, 0.15) is 0 Å². The van der Waals surface area contributed by atoms with Gasteiger partial charge in [-0.15, -0.1) is 0 Å². The van der Waals surface area contributed by atoms with Crippen LogP contribution in [0.2, 0.25) is 0 Å². The van der Waals surface area contributed by atoms with E-state index in [9.17, 15) is 0 Å². The van der Waals surface area contributed by atoms with Crippen LogP contribution in [0.1, 0.15) is 38.6 Å². The van der Waals surface area contributed by atoms with Gasteiger partial charge in [0, 0.05) is 0 Å². The molecule has 16 heavy (non-hydrogen) atoms. The lowest BCUT2D eigenvalue weighted by atomic mass is 10.1. The van der Waals surface area contributed by atoms with E-state index in [1.165, 1.54) is 6.42 Å². The summed E-state index contributed by atoms with van der Waals surface area (Å²) in [6, 6.07) is 0.546. The summed E-state index contributed by atoms with van der Waals surface area (Å²) < 4.78 is 7.68. The Balaban J connectivity index is 1.85. The van der Waals surface area contributed by atoms with Gasteiger partial charge in [-0.1, -0.05) is 13.3 Å². The van der Waals surface area contributed by atoms with Gasteiger partial charge in [0.15, 0.2) is 5.75 Å². The molecule has 1 aliphatic heterocycles. The summed E-state index contributed by atoms with van der Waals surface area (Å²) in [5.74, 6) is 0.909. The van der Waals surface area contributed by atoms with Crippen molar-refractivity contribution in [2.75, 3.05) is 19.7 Å². The summed E-state index contributed by atoms with van der Waals surface area (Å²) in [4.78, 5) is 0. The van der Waals surface area contributed by atoms with E-state index in [0.29, 0.717) is 6.04 Å². The fourth-order valence-electron chi connectivity index (χ4n) is 2.00. The first-order valence-corrected chi connectivity index (χ1v) is 6.28. The van der Waals surface area contributed by atoms with Crippen LogP contribution in [-0.2, 0) is 0 Å². The Morgan fingerprint density at radius 1 is 1.50 bits per heavy atom. The standard InChI is InChI=1S/C12H21N3O/c1-2-3-8-16-12-9-14-15(10-12)11-4-6-13-7-5-11/h9-11,13H,2-8H2,1H3. The van der Waals surface area contributed by atoms with Gasteiger partial charge in [-0.2, -0.15) is 5.10 Å². The zero-order valence-electron chi connectivity index (χ0n) is 9.98. The minimum Gasteiger partial charge on any atom is -0.490 e. The van der Waals surface area contributed by atoms with Crippen LogP contribution in [0.4, 0.5) is 0 Å². The molecule has 0 unspecified atom stereocenters. The average molecular weight is 223 g/mol. The lowest BCUT2D eigenvalue weighted by Gasteiger charge is -2.22. The molecule has 1 saturated heterocycles. The third-order valence-corrected chi connectivity index (χ3v) is 3.03. The molecule has 1 fully saturated rings. The van der Waals surface area contributed by atoms with Crippen molar-refractivity contribution in [3.05, 3.63) is 12.4 Å². The molecule has 4 nitrogen and oxygen atoms in total. The SMILES string of the molecule is CCCCOc1cnn(C2CCNCC2)c1. The summed E-state index contributed by atoms with van der Waals surface area (Å²) in [6.45, 7) is 5.16. The van der Waals surface area contributed by atoms with Gasteiger partial charge in [-0.25, -0.2) is 0 Å². The highest BCUT2D eigenvalue weighted by molar-refractivity contribution is 5.12. The molecule has 0 aliphatic carbocycles. The molecule has 0 atom stereocenters. The van der Waals surface area contributed by atoms with E-state index in [4.69, 9.17) is 4.74 Å². The molecule has 2 rings (SSSR count). The van der Waals surface area contributed by atoms with Gasteiger partial charge in [-0.05, 0) is 32.4 Å². The molecular weight excluding hydrogens is 202 g/mol. The van der Waals surface area contributed by atoms with Gasteiger partial charge in [0.2, 0.25) is 0 Å². The molecule has 0 radical (unpaired) electrons. The highest BCUT2D eigenvalue weighted by Crippen LogP contribution is 2.20. The molecule has 1 aliphatic rings. The minimum atomic E-state index is 0.546. The fourth-order valence-corrected chi connectivity index (χ4v) is 2.00. The molecule has 2 heterocycles. The van der Waals surface area contributed by atoms with E-state index in [2.05, 4.69) is 22.0 Å². The Morgan fingerprint density at radius 3 is 3.06 bits per heavy atom. The normalized spacial score (nSPS) is 17.6. The predicted octanol–water partition coefficient (Wildman–Crippen LogP) is 1.99. The maximum atomic E-state index is 5.62. The molecule has 1 N–H and O–H groups in total. The lowest BCUT2D eigenvalue weighted by Crippen LogP contribution is -2.29. The third-order valence-electron chi connectivity index (χ3n) is 3.03. The van der Waals surface area contributed by atoms with Crippen molar-refractivity contribution in [3.63, 3.8) is 0 Å². The second-order valence-corrected chi connectivity index (χ2v) is 4.34. The molecule has 0 aromatic carbocycles. The molecule has 4 heteroatoms. The van der Waals surface area contributed by atoms with Crippen LogP contribution in [0.15, 0.2) is 12.4 Å². The largest absolute Gasteiger partial charge is 0.490 e. The first kappa shape index (κ1) is 11.5. The quantitative estimate of drug-likeness (QED) is 0.776. The Labute approximate surface area is 97.0 Å². The zero-order valence-corrected chi connectivity index (χ0v) is 9.98. The van der Waals surface area contributed by atoms with E-state index in [0.717, 1.165) is 44.7 Å². The van der Waals surface area contributed by atoms with Crippen molar-refractivity contribution >= 4 is 0 Å². The molecule has 0 spiro atoms. The van der Waals surface area contributed by atoms with E-state index >= 15 is 0 Å². The van der Waals surface area contributed by atoms with Crippen LogP contribution in [0.5, 0.6) is 5.75 Å². The van der Waals surface area contributed by atoms with Crippen LogP contribution in [0, 0.1) is 0 Å². The first-order valence-electron chi connectivity index (χ1n) is 6.28. The van der Waals surface area contributed by atoms with Gasteiger partial charge >= 0.3 is 0 Å². The number of aromatic nitrogens is 2. The number of nitrogens with zero attached hydrogens (tertiary/aromatic N) is 2. The highest BCUT2D eigenvalue weighted by atomic mass is 16.5. The molecule has 0 amide bonds. The summed E-state index contributed by atoms with van der Waals surface area (Å²) in [7, 11) is 0. The predicted molar refractivity (Wildman–Crippen MR) is 63.8 cm³/mol. The van der Waals surface area contributed by atoms with Crippen molar-refractivity contribution in [1.82, 2.24) is 15.1 Å². The molecule has 0 saturated carbocycles. The fraction of sp³-hybridized carbons (Fsp3) is 0.750. The number of ether oxygens (including phenoxy) is 1. The topological polar surface area (TPSA) is 39.1 Å². The van der Waals surface area contributed by atoms with Crippen molar-refractivity contribution in [3.8, 4) is 5.75 Å². The molecule has 0 bridgehead atoms. The van der Waals surface area contributed by atoms with E-state index in [-0.39, 0.29) is 0 Å². The van der Waals surface area contributed by atoms with Crippen molar-refractivity contribution in [2.24, 2.45) is 0 Å². The lowest BCUT2D eigenvalue weighted by molar-refractivity contribution is 0.306. The van der Waals surface area contributed by atoms with Gasteiger partial charge in [-0.3, -0.25) is 4.68 Å². The molecule has 1 aromatic rings. The number of piperidine rings is 1. The summed E-state index contributed by atoms with van der Waals surface area (Å²) in [5, 5.41) is 7.74. The highest BCUT2D eigenvalue weighted by Gasteiger charge is 2.15. The summed E-state index contributed by atoms with van der Waals surface area (Å²) in [5.41, 5.74) is 0. The third kappa shape index (κ3) is 2.98. The zero-order chi connectivity index (χ0) is 11.2. The van der Waals surface area contributed by atoms with Crippen molar-refractivity contribution in [2.45, 2.75) is 38.6 Å². The number of hydrogen-bond acceptors (Lipinski definition) is 3. The smallest absolute Gasteiger partial charge is 0.157 e. The van der Waals surface area contributed by atoms with Crippen molar-refractivity contribution in [1.29, 1.82) is 0 Å². The Hall–Kier alpha value is -1.03. The van der Waals surface area contributed by atoms with Crippen LogP contribution < -0.4 is 10.1 Å². The first-order chi connectivity index (χ1) is 7.90. The van der Waals surface area contributed by atoms with Crippen LogP contribution in [0.3, 0.4) is 0 Å². The van der Waals surface area contributed by atoms with Gasteiger partial charge < -0.3 is 10.1 Å². The Kier molecular flexibility index (Phi) is 4.22. The minimum absolute atomic E-state index is 0.546. The van der Waals surface area contributed by atoms with E-state index in [1.54, 1.807) is 0 Å². The Bertz CT molecular complexity index is 305. The number of unbranched alkanes of at least 4 members (excludes halogenated alkanes) is 1. The number of rotatable bonds is 5. The number of nitrogens with one attached hydrogen (secondary N) is 1. The molecule has 90 valence electrons. The van der Waals surface area contributed by atoms with Gasteiger partial charge in [0.25, 0.3) is 0 Å². The van der Waals surface area contributed by atoms with Crippen molar-refractivity contribution < 1.29 is 4.74 Å². The van der Waals surface area contributed by atoms with E-state index in [1.807, 2.05) is 12.4 Å². The van der Waals surface area contributed by atoms with E-state index < -0.39 is 0 Å². The number of hydrogen-bond donors (Lipinski definition) is 1. The second kappa shape index (κ2) is 5.89. The molecule has 1 aromatic heterocycles. The van der Waals surface area contributed by atoms with Crippen LogP contribution in [-0.4, -0.2) is 29.5 Å². The molecular formula is C12H21N3O.